The first kappa shape index (κ1) is 16.6. The van der Waals surface area contributed by atoms with E-state index < -0.39 is 23.2 Å². The second-order valence-corrected chi connectivity index (χ2v) is 6.43. The summed E-state index contributed by atoms with van der Waals surface area (Å²) in [6, 6.07) is 3.41. The summed E-state index contributed by atoms with van der Waals surface area (Å²) in [5, 5.41) is 13.8. The smallest absolute Gasteiger partial charge is 0.234 e. The van der Waals surface area contributed by atoms with Gasteiger partial charge in [-0.2, -0.15) is 0 Å². The molecule has 1 heterocycles. The van der Waals surface area contributed by atoms with Crippen LogP contribution in [0.25, 0.3) is 0 Å². The highest BCUT2D eigenvalue weighted by molar-refractivity contribution is 8.01. The van der Waals surface area contributed by atoms with Gasteiger partial charge in [-0.25, -0.2) is 8.78 Å². The molecule has 0 atom stereocenters. The average molecular weight is 344 g/mol. The highest BCUT2D eigenvalue weighted by Crippen LogP contribution is 2.26. The number of halogens is 2. The molecule has 118 valence electrons. The maximum atomic E-state index is 13.4. The zero-order chi connectivity index (χ0) is 15.9. The number of nitrogens with zero attached hydrogens (tertiary/aromatic N) is 2. The molecule has 2 rings (SSSR count). The van der Waals surface area contributed by atoms with Crippen molar-refractivity contribution in [3.63, 3.8) is 0 Å². The van der Waals surface area contributed by atoms with E-state index in [1.165, 1.54) is 17.4 Å². The van der Waals surface area contributed by atoms with E-state index in [1.54, 1.807) is 0 Å². The highest BCUT2D eigenvalue weighted by atomic mass is 32.2. The van der Waals surface area contributed by atoms with E-state index in [0.29, 0.717) is 9.47 Å². The van der Waals surface area contributed by atoms with Crippen LogP contribution in [0.3, 0.4) is 0 Å². The van der Waals surface area contributed by atoms with E-state index in [4.69, 9.17) is 0 Å². The summed E-state index contributed by atoms with van der Waals surface area (Å²) < 4.78 is 27.4. The number of aromatic nitrogens is 2. The van der Waals surface area contributed by atoms with Gasteiger partial charge < -0.3 is 10.6 Å². The minimum atomic E-state index is -0.805. The van der Waals surface area contributed by atoms with Gasteiger partial charge in [0.05, 0.1) is 5.75 Å². The predicted octanol–water partition coefficient (Wildman–Crippen LogP) is 3.37. The molecule has 1 aromatic carbocycles. The van der Waals surface area contributed by atoms with Gasteiger partial charge in [0.2, 0.25) is 11.0 Å². The van der Waals surface area contributed by atoms with Crippen molar-refractivity contribution in [2.24, 2.45) is 0 Å². The number of anilines is 2. The quantitative estimate of drug-likeness (QED) is 0.754. The van der Waals surface area contributed by atoms with Gasteiger partial charge in [0.15, 0.2) is 4.34 Å². The Morgan fingerprint density at radius 1 is 1.32 bits per heavy atom. The molecule has 0 bridgehead atoms. The van der Waals surface area contributed by atoms with Crippen LogP contribution >= 0.6 is 23.1 Å². The third-order valence-corrected chi connectivity index (χ3v) is 4.50. The van der Waals surface area contributed by atoms with Crippen molar-refractivity contribution in [2.45, 2.75) is 17.7 Å². The van der Waals surface area contributed by atoms with Gasteiger partial charge in [0.25, 0.3) is 0 Å². The number of nitrogens with one attached hydrogen (secondary N) is 2. The van der Waals surface area contributed by atoms with Crippen molar-refractivity contribution >= 4 is 39.8 Å². The third kappa shape index (κ3) is 4.63. The predicted molar refractivity (Wildman–Crippen MR) is 84.4 cm³/mol. The maximum Gasteiger partial charge on any atom is 0.234 e. The lowest BCUT2D eigenvalue weighted by Crippen LogP contribution is -2.16. The van der Waals surface area contributed by atoms with Crippen LogP contribution in [-0.4, -0.2) is 28.4 Å². The van der Waals surface area contributed by atoms with Gasteiger partial charge in [-0.15, -0.1) is 10.2 Å². The van der Waals surface area contributed by atoms with E-state index in [1.807, 2.05) is 6.92 Å². The van der Waals surface area contributed by atoms with Crippen LogP contribution < -0.4 is 10.6 Å². The Labute approximate surface area is 134 Å². The van der Waals surface area contributed by atoms with Gasteiger partial charge in [0.1, 0.15) is 17.3 Å². The monoisotopic (exact) mass is 344 g/mol. The summed E-state index contributed by atoms with van der Waals surface area (Å²) in [5.41, 5.74) is -0.435. The van der Waals surface area contributed by atoms with E-state index in [0.717, 1.165) is 36.9 Å². The Bertz CT molecular complexity index is 630. The number of hydrogen-bond donors (Lipinski definition) is 2. The van der Waals surface area contributed by atoms with Crippen LogP contribution in [0.2, 0.25) is 0 Å². The van der Waals surface area contributed by atoms with Crippen LogP contribution in [0.1, 0.15) is 13.3 Å². The summed E-state index contributed by atoms with van der Waals surface area (Å²) >= 11 is 2.49. The molecule has 9 heteroatoms. The molecule has 0 radical (unpaired) electrons. The third-order valence-electron chi connectivity index (χ3n) is 2.49. The van der Waals surface area contributed by atoms with E-state index in [-0.39, 0.29) is 5.75 Å². The fraction of sp³-hybridized carbons (Fsp3) is 0.308. The number of benzene rings is 1. The summed E-state index contributed by atoms with van der Waals surface area (Å²) in [5.74, 6) is -2.12. The molecule has 0 saturated carbocycles. The molecule has 0 unspecified atom stereocenters. The Morgan fingerprint density at radius 3 is 2.73 bits per heavy atom. The largest absolute Gasteiger partial charge is 0.360 e. The lowest BCUT2D eigenvalue weighted by molar-refractivity contribution is -0.113. The zero-order valence-electron chi connectivity index (χ0n) is 11.7. The lowest BCUT2D eigenvalue weighted by Gasteiger charge is -2.06. The summed E-state index contributed by atoms with van der Waals surface area (Å²) in [4.78, 5) is 11.7. The van der Waals surface area contributed by atoms with E-state index >= 15 is 0 Å². The molecule has 2 aromatic rings. The molecular formula is C13H14F2N4OS2. The van der Waals surface area contributed by atoms with Crippen molar-refractivity contribution in [3.8, 4) is 0 Å². The molecule has 0 aliphatic rings. The normalized spacial score (nSPS) is 10.5. The van der Waals surface area contributed by atoms with Crippen LogP contribution in [-0.2, 0) is 4.79 Å². The molecule has 0 spiro atoms. The maximum absolute atomic E-state index is 13.4. The minimum absolute atomic E-state index is 0.00378. The number of amides is 1. The molecule has 0 aliphatic heterocycles. The Balaban J connectivity index is 1.86. The molecule has 0 aliphatic carbocycles. The Morgan fingerprint density at radius 2 is 2.05 bits per heavy atom. The molecule has 22 heavy (non-hydrogen) atoms. The number of carbonyl (C=O) groups excluding carboxylic acids is 1. The van der Waals surface area contributed by atoms with Crippen molar-refractivity contribution in [2.75, 3.05) is 22.9 Å². The topological polar surface area (TPSA) is 66.9 Å². The lowest BCUT2D eigenvalue weighted by atomic mass is 10.3. The van der Waals surface area contributed by atoms with Crippen molar-refractivity contribution < 1.29 is 13.6 Å². The molecule has 0 fully saturated rings. The summed E-state index contributed by atoms with van der Waals surface area (Å²) in [6.45, 7) is 2.84. The van der Waals surface area contributed by atoms with Crippen molar-refractivity contribution in [1.82, 2.24) is 10.2 Å². The second kappa shape index (κ2) is 8.04. The number of rotatable bonds is 7. The van der Waals surface area contributed by atoms with Crippen molar-refractivity contribution in [1.29, 1.82) is 0 Å². The first-order valence-electron chi connectivity index (χ1n) is 6.54. The van der Waals surface area contributed by atoms with Crippen molar-refractivity contribution in [3.05, 3.63) is 29.8 Å². The number of para-hydroxylation sites is 1. The standard InChI is InChI=1S/C13H14F2N4OS2/c1-2-6-16-12-18-19-13(22-12)21-7-10(20)17-11-8(14)4-3-5-9(11)15/h3-5H,2,6-7H2,1H3,(H,16,18)(H,17,20). The number of thioether (sulfide) groups is 1. The van der Waals surface area contributed by atoms with Gasteiger partial charge in [0, 0.05) is 6.54 Å². The van der Waals surface area contributed by atoms with Gasteiger partial charge in [-0.1, -0.05) is 36.1 Å². The highest BCUT2D eigenvalue weighted by Gasteiger charge is 2.13. The Hall–Kier alpha value is -1.74. The van der Waals surface area contributed by atoms with Crippen LogP contribution in [0.4, 0.5) is 19.6 Å². The minimum Gasteiger partial charge on any atom is -0.360 e. The molecule has 1 aromatic heterocycles. The molecule has 2 N–H and O–H groups in total. The molecule has 5 nitrogen and oxygen atoms in total. The zero-order valence-corrected chi connectivity index (χ0v) is 13.4. The Kier molecular flexibility index (Phi) is 6.08. The molecule has 0 saturated heterocycles. The summed E-state index contributed by atoms with van der Waals surface area (Å²) in [6.07, 6.45) is 0.971. The number of carbonyl (C=O) groups is 1. The van der Waals surface area contributed by atoms with Crippen LogP contribution in [0.15, 0.2) is 22.5 Å². The van der Waals surface area contributed by atoms with E-state index in [2.05, 4.69) is 20.8 Å². The summed E-state index contributed by atoms with van der Waals surface area (Å²) in [7, 11) is 0. The first-order valence-corrected chi connectivity index (χ1v) is 8.34. The first-order chi connectivity index (χ1) is 10.6. The fourth-order valence-corrected chi connectivity index (χ4v) is 3.07. The van der Waals surface area contributed by atoms with Gasteiger partial charge in [-0.3, -0.25) is 4.79 Å². The SMILES string of the molecule is CCCNc1nnc(SCC(=O)Nc2c(F)cccc2F)s1. The van der Waals surface area contributed by atoms with Gasteiger partial charge >= 0.3 is 0 Å². The van der Waals surface area contributed by atoms with Gasteiger partial charge in [-0.05, 0) is 18.6 Å². The van der Waals surface area contributed by atoms with Crippen LogP contribution in [0, 0.1) is 11.6 Å². The average Bonchev–Trinajstić information content (AvgIpc) is 2.95. The van der Waals surface area contributed by atoms with E-state index in [9.17, 15) is 13.6 Å². The fourth-order valence-electron chi connectivity index (χ4n) is 1.49. The molecule has 1 amide bonds. The number of hydrogen-bond acceptors (Lipinski definition) is 6. The second-order valence-electron chi connectivity index (χ2n) is 4.23. The molecular weight excluding hydrogens is 330 g/mol. The van der Waals surface area contributed by atoms with Crippen LogP contribution in [0.5, 0.6) is 0 Å².